The largest absolute Gasteiger partial charge is 0.497 e. The quantitative estimate of drug-likeness (QED) is 0.889. The molecule has 0 aliphatic carbocycles. The molecule has 0 bridgehead atoms. The summed E-state index contributed by atoms with van der Waals surface area (Å²) in [5.41, 5.74) is -0.171. The lowest BCUT2D eigenvalue weighted by Gasteiger charge is -2.38. The average Bonchev–Trinajstić information content (AvgIpc) is 2.48. The number of methoxy groups -OCH3 is 1. The minimum absolute atomic E-state index is 0.0318. The third kappa shape index (κ3) is 4.94. The number of nitrogens with zero attached hydrogens (tertiary/aromatic N) is 1. The van der Waals surface area contributed by atoms with Gasteiger partial charge >= 0.3 is 0 Å². The predicted molar refractivity (Wildman–Crippen MR) is 90.5 cm³/mol. The van der Waals surface area contributed by atoms with Gasteiger partial charge in [-0.05, 0) is 51.3 Å². The third-order valence-corrected chi connectivity index (χ3v) is 4.17. The van der Waals surface area contributed by atoms with Gasteiger partial charge in [-0.25, -0.2) is 0 Å². The van der Waals surface area contributed by atoms with E-state index in [0.29, 0.717) is 32.5 Å². The zero-order valence-corrected chi connectivity index (χ0v) is 14.6. The van der Waals surface area contributed by atoms with E-state index >= 15 is 0 Å². The van der Waals surface area contributed by atoms with Gasteiger partial charge in [0.05, 0.1) is 19.3 Å². The lowest BCUT2D eigenvalue weighted by Crippen LogP contribution is -2.49. The van der Waals surface area contributed by atoms with E-state index in [4.69, 9.17) is 4.74 Å². The fourth-order valence-corrected chi connectivity index (χ4v) is 2.94. The van der Waals surface area contributed by atoms with Crippen molar-refractivity contribution in [2.45, 2.75) is 44.8 Å². The Morgan fingerprint density at radius 2 is 2.00 bits per heavy atom. The van der Waals surface area contributed by atoms with E-state index in [1.54, 1.807) is 7.11 Å². The summed E-state index contributed by atoms with van der Waals surface area (Å²) in [4.78, 5) is 14.1. The number of aliphatic hydroxyl groups is 1. The van der Waals surface area contributed by atoms with Crippen LogP contribution in [0.3, 0.4) is 0 Å². The molecule has 1 fully saturated rings. The number of hydrogen-bond acceptors (Lipinski definition) is 4. The minimum atomic E-state index is -0.842. The maximum atomic E-state index is 12.0. The number of piperidine rings is 1. The number of benzene rings is 1. The predicted octanol–water partition coefficient (Wildman–Crippen LogP) is 1.89. The van der Waals surface area contributed by atoms with Crippen molar-refractivity contribution < 1.29 is 14.6 Å². The van der Waals surface area contributed by atoms with Crippen molar-refractivity contribution in [2.24, 2.45) is 0 Å². The van der Waals surface area contributed by atoms with Crippen molar-refractivity contribution in [3.63, 3.8) is 0 Å². The van der Waals surface area contributed by atoms with E-state index in [-0.39, 0.29) is 11.4 Å². The highest BCUT2D eigenvalue weighted by atomic mass is 16.5. The lowest BCUT2D eigenvalue weighted by molar-refractivity contribution is -0.125. The molecule has 0 unspecified atom stereocenters. The number of rotatable bonds is 4. The summed E-state index contributed by atoms with van der Waals surface area (Å²) in [6, 6.07) is 7.60. The fourth-order valence-electron chi connectivity index (χ4n) is 2.94. The number of amides is 1. The lowest BCUT2D eigenvalue weighted by atomic mass is 9.84. The summed E-state index contributed by atoms with van der Waals surface area (Å²) < 4.78 is 5.24. The van der Waals surface area contributed by atoms with Crippen molar-refractivity contribution in [2.75, 3.05) is 26.7 Å². The molecule has 0 spiro atoms. The summed E-state index contributed by atoms with van der Waals surface area (Å²) in [7, 11) is 1.62. The van der Waals surface area contributed by atoms with Crippen LogP contribution in [0.15, 0.2) is 24.3 Å². The number of likely N-dealkylation sites (tertiary alicyclic amines) is 1. The Labute approximate surface area is 138 Å². The number of carbonyl (C=O) groups excluding carboxylic acids is 1. The summed E-state index contributed by atoms with van der Waals surface area (Å²) in [5, 5.41) is 13.9. The van der Waals surface area contributed by atoms with Crippen LogP contribution in [0.4, 0.5) is 0 Å². The van der Waals surface area contributed by atoms with Crippen LogP contribution in [0.2, 0.25) is 0 Å². The van der Waals surface area contributed by atoms with Gasteiger partial charge in [-0.2, -0.15) is 0 Å². The molecule has 0 saturated carbocycles. The van der Waals surface area contributed by atoms with Gasteiger partial charge in [0.25, 0.3) is 0 Å². The Bertz CT molecular complexity index is 543. The molecule has 5 heteroatoms. The van der Waals surface area contributed by atoms with Crippen LogP contribution in [0.1, 0.15) is 39.2 Å². The van der Waals surface area contributed by atoms with Crippen molar-refractivity contribution >= 4 is 5.91 Å². The molecule has 2 rings (SSSR count). The fraction of sp³-hybridized carbons (Fsp3) is 0.611. The van der Waals surface area contributed by atoms with Gasteiger partial charge in [-0.3, -0.25) is 9.69 Å². The standard InChI is InChI=1S/C18H28N2O3/c1-17(2,3)19-16(21)13-20-10-8-18(22,9-11-20)14-6-5-7-15(12-14)23-4/h5-7,12,22H,8-11,13H2,1-4H3,(H,19,21). The molecular weight excluding hydrogens is 292 g/mol. The van der Waals surface area contributed by atoms with E-state index in [2.05, 4.69) is 10.2 Å². The highest BCUT2D eigenvalue weighted by Gasteiger charge is 2.34. The van der Waals surface area contributed by atoms with E-state index in [1.807, 2.05) is 45.0 Å². The van der Waals surface area contributed by atoms with Gasteiger partial charge in [0.2, 0.25) is 5.91 Å². The van der Waals surface area contributed by atoms with Crippen molar-refractivity contribution in [3.05, 3.63) is 29.8 Å². The molecule has 0 radical (unpaired) electrons. The van der Waals surface area contributed by atoms with Gasteiger partial charge < -0.3 is 15.2 Å². The van der Waals surface area contributed by atoms with Crippen LogP contribution < -0.4 is 10.1 Å². The first kappa shape index (κ1) is 17.8. The Morgan fingerprint density at radius 1 is 1.35 bits per heavy atom. The number of carbonyl (C=O) groups is 1. The molecule has 128 valence electrons. The van der Waals surface area contributed by atoms with Crippen LogP contribution in [-0.2, 0) is 10.4 Å². The molecule has 0 atom stereocenters. The molecule has 0 aromatic heterocycles. The van der Waals surface area contributed by atoms with Crippen LogP contribution in [0.25, 0.3) is 0 Å². The normalized spacial score (nSPS) is 18.5. The highest BCUT2D eigenvalue weighted by molar-refractivity contribution is 5.78. The molecule has 1 aromatic rings. The second-order valence-corrected chi connectivity index (χ2v) is 7.34. The molecule has 1 aliphatic rings. The summed E-state index contributed by atoms with van der Waals surface area (Å²) in [6.07, 6.45) is 1.23. The van der Waals surface area contributed by atoms with Crippen molar-refractivity contribution in [3.8, 4) is 5.75 Å². The number of nitrogens with one attached hydrogen (secondary N) is 1. The topological polar surface area (TPSA) is 61.8 Å². The first-order valence-corrected chi connectivity index (χ1v) is 8.12. The number of hydrogen-bond donors (Lipinski definition) is 2. The van der Waals surface area contributed by atoms with E-state index in [0.717, 1.165) is 11.3 Å². The highest BCUT2D eigenvalue weighted by Crippen LogP contribution is 2.34. The van der Waals surface area contributed by atoms with Gasteiger partial charge in [-0.15, -0.1) is 0 Å². The van der Waals surface area contributed by atoms with Crippen molar-refractivity contribution in [1.29, 1.82) is 0 Å². The molecule has 1 heterocycles. The second kappa shape index (κ2) is 6.89. The maximum absolute atomic E-state index is 12.0. The first-order chi connectivity index (χ1) is 10.7. The first-order valence-electron chi connectivity index (χ1n) is 8.12. The van der Waals surface area contributed by atoms with Crippen LogP contribution in [0.5, 0.6) is 5.75 Å². The Morgan fingerprint density at radius 3 is 2.57 bits per heavy atom. The molecular formula is C18H28N2O3. The van der Waals surface area contributed by atoms with Crippen LogP contribution in [-0.4, -0.2) is 48.2 Å². The van der Waals surface area contributed by atoms with Gasteiger partial charge in [0, 0.05) is 18.6 Å². The summed E-state index contributed by atoms with van der Waals surface area (Å²) in [5.74, 6) is 0.784. The molecule has 1 aromatic carbocycles. The zero-order chi connectivity index (χ0) is 17.1. The second-order valence-electron chi connectivity index (χ2n) is 7.34. The van der Waals surface area contributed by atoms with Crippen LogP contribution >= 0.6 is 0 Å². The SMILES string of the molecule is COc1cccc(C2(O)CCN(CC(=O)NC(C)(C)C)CC2)c1. The van der Waals surface area contributed by atoms with Gasteiger partial charge in [-0.1, -0.05) is 12.1 Å². The van der Waals surface area contributed by atoms with E-state index in [1.165, 1.54) is 0 Å². The Hall–Kier alpha value is -1.59. The Kier molecular flexibility index (Phi) is 5.32. The molecule has 1 aliphatic heterocycles. The third-order valence-electron chi connectivity index (χ3n) is 4.17. The van der Waals surface area contributed by atoms with Gasteiger partial charge in [0.1, 0.15) is 5.75 Å². The van der Waals surface area contributed by atoms with Gasteiger partial charge in [0.15, 0.2) is 0 Å². The van der Waals surface area contributed by atoms with Crippen molar-refractivity contribution in [1.82, 2.24) is 10.2 Å². The summed E-state index contributed by atoms with van der Waals surface area (Å²) in [6.45, 7) is 7.70. The maximum Gasteiger partial charge on any atom is 0.234 e. The smallest absolute Gasteiger partial charge is 0.234 e. The average molecular weight is 320 g/mol. The summed E-state index contributed by atoms with van der Waals surface area (Å²) >= 11 is 0. The monoisotopic (exact) mass is 320 g/mol. The molecule has 23 heavy (non-hydrogen) atoms. The van der Waals surface area contributed by atoms with Crippen LogP contribution in [0, 0.1) is 0 Å². The van der Waals surface area contributed by atoms with E-state index in [9.17, 15) is 9.90 Å². The molecule has 1 saturated heterocycles. The Balaban J connectivity index is 1.93. The molecule has 5 nitrogen and oxygen atoms in total. The zero-order valence-electron chi connectivity index (χ0n) is 14.6. The molecule has 1 amide bonds. The van der Waals surface area contributed by atoms with E-state index < -0.39 is 5.60 Å². The minimum Gasteiger partial charge on any atom is -0.497 e. The molecule has 2 N–H and O–H groups in total. The number of ether oxygens (including phenoxy) is 1.